The van der Waals surface area contributed by atoms with Gasteiger partial charge in [-0.3, -0.25) is 4.79 Å². The van der Waals surface area contributed by atoms with Crippen molar-refractivity contribution in [3.05, 3.63) is 59.5 Å². The highest BCUT2D eigenvalue weighted by Gasteiger charge is 2.27. The standard InChI is InChI=1S/C29H34FN7O/c1-19-16-22(28(38)32-24-9-10-24)18-31-27(19)36-14-12-35(13-15-36)26-17-25(21-5-7-23(30)8-6-21)33-29(34-26)37-11-3-4-20(37)2/h5-8,16-18,20,24H,3-4,9-15H2,1-2H3,(H,32,38). The predicted molar refractivity (Wildman–Crippen MR) is 147 cm³/mol. The molecule has 0 radical (unpaired) electrons. The van der Waals surface area contributed by atoms with E-state index in [4.69, 9.17) is 9.97 Å². The minimum Gasteiger partial charge on any atom is -0.353 e. The molecule has 1 saturated carbocycles. The monoisotopic (exact) mass is 515 g/mol. The van der Waals surface area contributed by atoms with Crippen LogP contribution in [-0.4, -0.2) is 65.7 Å². The molecule has 3 aliphatic rings. The number of amides is 1. The number of rotatable bonds is 6. The fourth-order valence-corrected chi connectivity index (χ4v) is 5.38. The van der Waals surface area contributed by atoms with Gasteiger partial charge < -0.3 is 20.0 Å². The van der Waals surface area contributed by atoms with E-state index in [1.807, 2.05) is 19.1 Å². The van der Waals surface area contributed by atoms with Crippen LogP contribution in [0.1, 0.15) is 48.5 Å². The van der Waals surface area contributed by atoms with Crippen LogP contribution in [0, 0.1) is 12.7 Å². The Labute approximate surface area is 222 Å². The zero-order valence-corrected chi connectivity index (χ0v) is 22.0. The molecule has 9 heteroatoms. The van der Waals surface area contributed by atoms with Crippen molar-refractivity contribution in [1.29, 1.82) is 0 Å². The molecule has 8 nitrogen and oxygen atoms in total. The number of piperazine rings is 1. The Morgan fingerprint density at radius 2 is 1.71 bits per heavy atom. The fourth-order valence-electron chi connectivity index (χ4n) is 5.38. The van der Waals surface area contributed by atoms with Crippen molar-refractivity contribution in [1.82, 2.24) is 20.3 Å². The van der Waals surface area contributed by atoms with Crippen LogP contribution < -0.4 is 20.0 Å². The minimum atomic E-state index is -0.256. The molecule has 1 unspecified atom stereocenters. The number of carbonyl (C=O) groups is 1. The molecule has 1 amide bonds. The maximum atomic E-state index is 13.6. The van der Waals surface area contributed by atoms with Crippen molar-refractivity contribution in [3.63, 3.8) is 0 Å². The lowest BCUT2D eigenvalue weighted by molar-refractivity contribution is 0.0950. The van der Waals surface area contributed by atoms with E-state index >= 15 is 0 Å². The summed E-state index contributed by atoms with van der Waals surface area (Å²) >= 11 is 0. The number of carbonyl (C=O) groups excluding carboxylic acids is 1. The molecule has 2 aliphatic heterocycles. The van der Waals surface area contributed by atoms with E-state index in [1.165, 1.54) is 12.1 Å². The first-order valence-electron chi connectivity index (χ1n) is 13.6. The molecular weight excluding hydrogens is 481 g/mol. The van der Waals surface area contributed by atoms with Gasteiger partial charge in [-0.25, -0.2) is 14.4 Å². The normalized spacial score (nSPS) is 19.7. The van der Waals surface area contributed by atoms with Gasteiger partial charge in [-0.05, 0) is 75.4 Å². The number of aromatic nitrogens is 3. The Morgan fingerprint density at radius 1 is 0.974 bits per heavy atom. The molecule has 1 N–H and O–H groups in total. The zero-order chi connectivity index (χ0) is 26.2. The third kappa shape index (κ3) is 5.14. The van der Waals surface area contributed by atoms with Crippen molar-refractivity contribution >= 4 is 23.5 Å². The molecule has 2 aromatic heterocycles. The van der Waals surface area contributed by atoms with Crippen LogP contribution in [0.2, 0.25) is 0 Å². The summed E-state index contributed by atoms with van der Waals surface area (Å²) in [5.41, 5.74) is 3.32. The van der Waals surface area contributed by atoms with Gasteiger partial charge in [0.05, 0.1) is 11.3 Å². The Morgan fingerprint density at radius 3 is 2.37 bits per heavy atom. The van der Waals surface area contributed by atoms with E-state index in [9.17, 15) is 9.18 Å². The number of halogens is 1. The fraction of sp³-hybridized carbons (Fsp3) is 0.448. The Kier molecular flexibility index (Phi) is 6.59. The Hall–Kier alpha value is -3.75. The molecule has 1 aliphatic carbocycles. The molecule has 4 heterocycles. The molecule has 0 bridgehead atoms. The maximum absolute atomic E-state index is 13.6. The van der Waals surface area contributed by atoms with Crippen LogP contribution in [0.15, 0.2) is 42.6 Å². The summed E-state index contributed by atoms with van der Waals surface area (Å²) in [5.74, 6) is 2.27. The molecular formula is C29H34FN7O. The van der Waals surface area contributed by atoms with Crippen molar-refractivity contribution in [3.8, 4) is 11.3 Å². The topological polar surface area (TPSA) is 77.5 Å². The molecule has 0 spiro atoms. The van der Waals surface area contributed by atoms with Crippen molar-refractivity contribution in [2.45, 2.75) is 51.6 Å². The van der Waals surface area contributed by atoms with Gasteiger partial charge >= 0.3 is 0 Å². The van der Waals surface area contributed by atoms with Crippen LogP contribution in [0.4, 0.5) is 22.0 Å². The van der Waals surface area contributed by atoms with Gasteiger partial charge in [0.2, 0.25) is 5.95 Å². The van der Waals surface area contributed by atoms with E-state index < -0.39 is 0 Å². The molecule has 6 rings (SSSR count). The summed E-state index contributed by atoms with van der Waals surface area (Å²) < 4.78 is 13.6. The Balaban J connectivity index is 1.20. The molecule has 198 valence electrons. The van der Waals surface area contributed by atoms with Gasteiger partial charge in [-0.2, -0.15) is 4.98 Å². The number of nitrogens with one attached hydrogen (secondary N) is 1. The van der Waals surface area contributed by atoms with Gasteiger partial charge in [0, 0.05) is 62.6 Å². The van der Waals surface area contributed by atoms with Crippen LogP contribution >= 0.6 is 0 Å². The number of anilines is 3. The zero-order valence-electron chi connectivity index (χ0n) is 22.0. The summed E-state index contributed by atoms with van der Waals surface area (Å²) in [4.78, 5) is 33.8. The molecule has 1 aromatic carbocycles. The van der Waals surface area contributed by atoms with Gasteiger partial charge in [0.15, 0.2) is 0 Å². The predicted octanol–water partition coefficient (Wildman–Crippen LogP) is 4.19. The second-order valence-electron chi connectivity index (χ2n) is 10.7. The highest BCUT2D eigenvalue weighted by molar-refractivity contribution is 5.94. The first-order chi connectivity index (χ1) is 18.4. The van der Waals surface area contributed by atoms with Gasteiger partial charge in [-0.1, -0.05) is 0 Å². The number of pyridine rings is 1. The van der Waals surface area contributed by atoms with E-state index in [2.05, 4.69) is 31.9 Å². The van der Waals surface area contributed by atoms with Gasteiger partial charge in [0.25, 0.3) is 5.91 Å². The average Bonchev–Trinajstić information content (AvgIpc) is 3.65. The number of benzene rings is 1. The Bertz CT molecular complexity index is 1320. The van der Waals surface area contributed by atoms with Crippen LogP contribution in [0.3, 0.4) is 0 Å². The third-order valence-corrected chi connectivity index (χ3v) is 7.78. The summed E-state index contributed by atoms with van der Waals surface area (Å²) in [6.45, 7) is 8.36. The third-order valence-electron chi connectivity index (χ3n) is 7.78. The number of nitrogens with zero attached hydrogens (tertiary/aromatic N) is 6. The molecule has 3 aromatic rings. The second kappa shape index (κ2) is 10.2. The maximum Gasteiger partial charge on any atom is 0.253 e. The smallest absolute Gasteiger partial charge is 0.253 e. The molecule has 38 heavy (non-hydrogen) atoms. The minimum absolute atomic E-state index is 0.0386. The second-order valence-corrected chi connectivity index (χ2v) is 10.7. The van der Waals surface area contributed by atoms with E-state index in [0.29, 0.717) is 17.6 Å². The lowest BCUT2D eigenvalue weighted by atomic mass is 10.1. The highest BCUT2D eigenvalue weighted by atomic mass is 19.1. The van der Waals surface area contributed by atoms with Crippen molar-refractivity contribution < 1.29 is 9.18 Å². The lowest BCUT2D eigenvalue weighted by Crippen LogP contribution is -2.47. The van der Waals surface area contributed by atoms with E-state index in [-0.39, 0.29) is 11.7 Å². The van der Waals surface area contributed by atoms with Crippen molar-refractivity contribution in [2.24, 2.45) is 0 Å². The van der Waals surface area contributed by atoms with Crippen LogP contribution in [-0.2, 0) is 0 Å². The SMILES string of the molecule is Cc1cc(C(=O)NC2CC2)cnc1N1CCN(c2cc(-c3ccc(F)cc3)nc(N3CCCC3C)n2)CC1. The average molecular weight is 516 g/mol. The van der Waals surface area contributed by atoms with Gasteiger partial charge in [0.1, 0.15) is 17.5 Å². The number of hydrogen-bond donors (Lipinski definition) is 1. The summed E-state index contributed by atoms with van der Waals surface area (Å²) in [6, 6.07) is 11.2. The van der Waals surface area contributed by atoms with Crippen molar-refractivity contribution in [2.75, 3.05) is 47.4 Å². The van der Waals surface area contributed by atoms with E-state index in [1.54, 1.807) is 18.3 Å². The first-order valence-corrected chi connectivity index (χ1v) is 13.6. The lowest BCUT2D eigenvalue weighted by Gasteiger charge is -2.37. The summed E-state index contributed by atoms with van der Waals surface area (Å²) in [6.07, 6.45) is 6.08. The number of hydrogen-bond acceptors (Lipinski definition) is 7. The van der Waals surface area contributed by atoms with Gasteiger partial charge in [-0.15, -0.1) is 0 Å². The number of aryl methyl sites for hydroxylation is 1. The summed E-state index contributed by atoms with van der Waals surface area (Å²) in [5, 5.41) is 3.03. The molecule has 1 atom stereocenters. The quantitative estimate of drug-likeness (QED) is 0.527. The summed E-state index contributed by atoms with van der Waals surface area (Å²) in [7, 11) is 0. The van der Waals surface area contributed by atoms with Crippen LogP contribution in [0.25, 0.3) is 11.3 Å². The first kappa shape index (κ1) is 24.6. The van der Waals surface area contributed by atoms with E-state index in [0.717, 1.165) is 92.8 Å². The van der Waals surface area contributed by atoms with Crippen LogP contribution in [0.5, 0.6) is 0 Å². The molecule has 3 fully saturated rings. The largest absolute Gasteiger partial charge is 0.353 e. The molecule has 2 saturated heterocycles. The highest BCUT2D eigenvalue weighted by Crippen LogP contribution is 2.30.